The van der Waals surface area contributed by atoms with Gasteiger partial charge in [0.05, 0.1) is 6.61 Å². The van der Waals surface area contributed by atoms with Gasteiger partial charge in [0.15, 0.2) is 22.4 Å². The highest BCUT2D eigenvalue weighted by molar-refractivity contribution is 6.74. The standard InChI is InChI=1S/C24H56O3Si3/c1-8-15-16-17-18-19-20-21-22-24(23-25-28,26-29(9-2,10-3)11-4)27-30(12-5,13-6)14-7/h8-23H2,1-7,28H3. The highest BCUT2D eigenvalue weighted by atomic mass is 28.4. The third kappa shape index (κ3) is 10.4. The minimum atomic E-state index is -1.79. The largest absolute Gasteiger partial charge is 0.423 e. The van der Waals surface area contributed by atoms with Crippen molar-refractivity contribution in [1.29, 1.82) is 0 Å². The first-order chi connectivity index (χ1) is 14.4. The molecule has 0 aromatic rings. The first-order valence-electron chi connectivity index (χ1n) is 13.3. The molecule has 0 saturated heterocycles. The van der Waals surface area contributed by atoms with Crippen molar-refractivity contribution in [2.45, 2.75) is 148 Å². The molecule has 3 nitrogen and oxygen atoms in total. The van der Waals surface area contributed by atoms with Gasteiger partial charge in [-0.05, 0) is 42.7 Å². The van der Waals surface area contributed by atoms with Crippen molar-refractivity contribution < 1.29 is 13.3 Å². The van der Waals surface area contributed by atoms with Crippen molar-refractivity contribution in [1.82, 2.24) is 0 Å². The molecule has 0 aromatic heterocycles. The zero-order valence-corrected chi connectivity index (χ0v) is 26.0. The summed E-state index contributed by atoms with van der Waals surface area (Å²) in [5.74, 6) is -0.494. The SMILES string of the molecule is CCCCCCCCCCC(CO[SiH3])(O[Si](CC)(CC)CC)O[Si](CC)(CC)CC. The lowest BCUT2D eigenvalue weighted by molar-refractivity contribution is -0.159. The van der Waals surface area contributed by atoms with E-state index in [1.807, 2.05) is 0 Å². The number of unbranched alkanes of at least 4 members (excludes halogenated alkanes) is 7. The maximum atomic E-state index is 7.18. The Kier molecular flexibility index (Phi) is 17.4. The van der Waals surface area contributed by atoms with Crippen molar-refractivity contribution in [2.24, 2.45) is 0 Å². The van der Waals surface area contributed by atoms with E-state index >= 15 is 0 Å². The molecule has 0 spiro atoms. The first kappa shape index (κ1) is 30.5. The number of hydrogen-bond donors (Lipinski definition) is 0. The van der Waals surface area contributed by atoms with E-state index in [1.165, 1.54) is 87.6 Å². The Bertz CT molecular complexity index is 361. The van der Waals surface area contributed by atoms with Gasteiger partial charge in [-0.25, -0.2) is 0 Å². The average Bonchev–Trinajstić information content (AvgIpc) is 2.78. The zero-order chi connectivity index (χ0) is 22.9. The normalized spacial score (nSPS) is 13.3. The van der Waals surface area contributed by atoms with Gasteiger partial charge in [0, 0.05) is 6.42 Å². The molecule has 30 heavy (non-hydrogen) atoms. The molecule has 0 aliphatic carbocycles. The average molecular weight is 477 g/mol. The summed E-state index contributed by atoms with van der Waals surface area (Å²) in [6, 6.07) is 7.02. The quantitative estimate of drug-likeness (QED) is 0.0971. The molecule has 182 valence electrons. The Morgan fingerprint density at radius 1 is 0.567 bits per heavy atom. The van der Waals surface area contributed by atoms with Gasteiger partial charge in [0.25, 0.3) is 0 Å². The summed E-state index contributed by atoms with van der Waals surface area (Å²) in [7, 11) is -2.83. The Labute approximate surface area is 195 Å². The molecule has 0 bridgehead atoms. The second-order valence-electron chi connectivity index (χ2n) is 9.26. The molecule has 0 atom stereocenters. The van der Waals surface area contributed by atoms with Crippen LogP contribution in [0.4, 0.5) is 0 Å². The fourth-order valence-electron chi connectivity index (χ4n) is 4.72. The minimum absolute atomic E-state index is 0.494. The van der Waals surface area contributed by atoms with E-state index in [4.69, 9.17) is 13.3 Å². The van der Waals surface area contributed by atoms with Crippen LogP contribution in [0.15, 0.2) is 0 Å². The van der Waals surface area contributed by atoms with E-state index < -0.39 is 22.4 Å². The van der Waals surface area contributed by atoms with E-state index in [1.54, 1.807) is 0 Å². The molecular formula is C24H56O3Si3. The van der Waals surface area contributed by atoms with Gasteiger partial charge in [-0.2, -0.15) is 0 Å². The minimum Gasteiger partial charge on any atom is -0.423 e. The van der Waals surface area contributed by atoms with Gasteiger partial charge < -0.3 is 13.3 Å². The first-order valence-corrected chi connectivity index (χ1v) is 19.2. The van der Waals surface area contributed by atoms with Crippen LogP contribution < -0.4 is 0 Å². The Balaban J connectivity index is 5.37. The van der Waals surface area contributed by atoms with Gasteiger partial charge in [-0.15, -0.1) is 0 Å². The van der Waals surface area contributed by atoms with Gasteiger partial charge in [0.1, 0.15) is 10.5 Å². The number of rotatable bonds is 21. The fraction of sp³-hybridized carbons (Fsp3) is 1.00. The molecule has 0 aromatic carbocycles. The maximum Gasteiger partial charge on any atom is 0.195 e. The lowest BCUT2D eigenvalue weighted by Crippen LogP contribution is -2.57. The van der Waals surface area contributed by atoms with Crippen molar-refractivity contribution in [3.63, 3.8) is 0 Å². The van der Waals surface area contributed by atoms with E-state index in [-0.39, 0.29) is 0 Å². The second-order valence-corrected chi connectivity index (χ2v) is 19.2. The van der Waals surface area contributed by atoms with Crippen LogP contribution >= 0.6 is 0 Å². The summed E-state index contributed by atoms with van der Waals surface area (Å²) in [4.78, 5) is 0. The van der Waals surface area contributed by atoms with Crippen LogP contribution in [0.1, 0.15) is 106 Å². The van der Waals surface area contributed by atoms with Gasteiger partial charge in [-0.3, -0.25) is 0 Å². The van der Waals surface area contributed by atoms with Gasteiger partial charge in [0.2, 0.25) is 0 Å². The molecule has 0 unspecified atom stereocenters. The predicted molar refractivity (Wildman–Crippen MR) is 142 cm³/mol. The van der Waals surface area contributed by atoms with Crippen LogP contribution in [-0.4, -0.2) is 39.5 Å². The smallest absolute Gasteiger partial charge is 0.195 e. The Morgan fingerprint density at radius 2 is 0.933 bits per heavy atom. The molecule has 0 aliphatic rings. The number of hydrogen-bond acceptors (Lipinski definition) is 3. The van der Waals surface area contributed by atoms with Crippen LogP contribution in [0.2, 0.25) is 36.3 Å². The summed E-state index contributed by atoms with van der Waals surface area (Å²) in [5.41, 5.74) is 0. The molecule has 0 fully saturated rings. The van der Waals surface area contributed by atoms with E-state index in [2.05, 4.69) is 48.5 Å². The topological polar surface area (TPSA) is 27.7 Å². The van der Waals surface area contributed by atoms with Crippen molar-refractivity contribution in [2.75, 3.05) is 6.61 Å². The molecular weight excluding hydrogens is 421 g/mol. The van der Waals surface area contributed by atoms with Crippen molar-refractivity contribution in [3.8, 4) is 0 Å². The molecule has 0 amide bonds. The second kappa shape index (κ2) is 17.1. The summed E-state index contributed by atoms with van der Waals surface area (Å²) < 4.78 is 20.3. The van der Waals surface area contributed by atoms with Crippen LogP contribution in [-0.2, 0) is 13.3 Å². The summed E-state index contributed by atoms with van der Waals surface area (Å²) in [6.45, 7) is 16.9. The molecule has 0 radical (unpaired) electrons. The lowest BCUT2D eigenvalue weighted by Gasteiger charge is -2.47. The van der Waals surface area contributed by atoms with E-state index in [9.17, 15) is 0 Å². The highest BCUT2D eigenvalue weighted by Crippen LogP contribution is 2.37. The third-order valence-electron chi connectivity index (χ3n) is 7.45. The van der Waals surface area contributed by atoms with Gasteiger partial charge in [-0.1, -0.05) is 93.4 Å². The summed E-state index contributed by atoms with van der Waals surface area (Å²) in [6.07, 6.45) is 11.7. The van der Waals surface area contributed by atoms with Crippen molar-refractivity contribution in [3.05, 3.63) is 0 Å². The highest BCUT2D eigenvalue weighted by Gasteiger charge is 2.46. The summed E-state index contributed by atoms with van der Waals surface area (Å²) in [5, 5.41) is 0. The van der Waals surface area contributed by atoms with Crippen LogP contribution in [0.25, 0.3) is 0 Å². The molecule has 0 heterocycles. The maximum absolute atomic E-state index is 7.18. The van der Waals surface area contributed by atoms with Gasteiger partial charge >= 0.3 is 0 Å². The van der Waals surface area contributed by atoms with Crippen molar-refractivity contribution >= 4 is 27.1 Å². The van der Waals surface area contributed by atoms with Crippen LogP contribution in [0.5, 0.6) is 0 Å². The third-order valence-corrected chi connectivity index (χ3v) is 17.1. The summed E-state index contributed by atoms with van der Waals surface area (Å²) >= 11 is 0. The van der Waals surface area contributed by atoms with Crippen LogP contribution in [0, 0.1) is 0 Å². The zero-order valence-electron chi connectivity index (χ0n) is 22.0. The Hall–Kier alpha value is 0.531. The van der Waals surface area contributed by atoms with Crippen LogP contribution in [0.3, 0.4) is 0 Å². The molecule has 0 N–H and O–H groups in total. The fourth-order valence-corrected chi connectivity index (χ4v) is 11.1. The molecule has 0 aliphatic heterocycles. The molecule has 0 rings (SSSR count). The molecule has 6 heteroatoms. The monoisotopic (exact) mass is 476 g/mol. The van der Waals surface area contributed by atoms with E-state index in [0.717, 1.165) is 16.9 Å². The molecule has 0 saturated carbocycles. The lowest BCUT2D eigenvalue weighted by atomic mass is 10.0. The predicted octanol–water partition coefficient (Wildman–Crippen LogP) is 7.55. The Morgan fingerprint density at radius 3 is 1.27 bits per heavy atom. The van der Waals surface area contributed by atoms with E-state index in [0.29, 0.717) is 6.61 Å².